The Morgan fingerprint density at radius 2 is 2.04 bits per heavy atom. The largest absolute Gasteiger partial charge is 0.495 e. The molecule has 0 bridgehead atoms. The number of ether oxygens (including phenoxy) is 1. The van der Waals surface area contributed by atoms with Crippen molar-refractivity contribution in [1.29, 1.82) is 0 Å². The SMILES string of the molecule is COc1cc2c(-n3ccnc3)c(-n3cnnc3C(=O)N(C)C)n(C)c2cc1Cl. The van der Waals surface area contributed by atoms with Crippen LogP contribution in [-0.4, -0.2) is 60.9 Å². The van der Waals surface area contributed by atoms with E-state index < -0.39 is 0 Å². The third-order valence-electron chi connectivity index (χ3n) is 4.55. The van der Waals surface area contributed by atoms with Crippen LogP contribution in [0.4, 0.5) is 0 Å². The highest BCUT2D eigenvalue weighted by Gasteiger charge is 2.25. The molecular formula is C18H18ClN7O2. The fourth-order valence-electron chi connectivity index (χ4n) is 3.22. The Hall–Kier alpha value is -3.33. The number of fused-ring (bicyclic) bond motifs is 1. The average Bonchev–Trinajstić information content (AvgIpc) is 3.40. The number of methoxy groups -OCH3 is 1. The molecule has 0 saturated carbocycles. The first kappa shape index (κ1) is 18.1. The molecule has 0 fully saturated rings. The normalized spacial score (nSPS) is 11.2. The van der Waals surface area contributed by atoms with E-state index >= 15 is 0 Å². The molecule has 4 rings (SSSR count). The molecule has 10 heteroatoms. The molecule has 0 unspecified atom stereocenters. The summed E-state index contributed by atoms with van der Waals surface area (Å²) in [5.74, 6) is 1.21. The minimum atomic E-state index is -0.255. The summed E-state index contributed by atoms with van der Waals surface area (Å²) >= 11 is 6.36. The number of rotatable bonds is 4. The highest BCUT2D eigenvalue weighted by atomic mass is 35.5. The molecule has 0 aliphatic rings. The van der Waals surface area contributed by atoms with Crippen LogP contribution < -0.4 is 4.74 Å². The minimum absolute atomic E-state index is 0.204. The summed E-state index contributed by atoms with van der Waals surface area (Å²) in [7, 11) is 6.81. The van der Waals surface area contributed by atoms with Gasteiger partial charge in [0.1, 0.15) is 17.9 Å². The van der Waals surface area contributed by atoms with Crippen molar-refractivity contribution in [1.82, 2.24) is 33.8 Å². The number of aryl methyl sites for hydroxylation is 1. The van der Waals surface area contributed by atoms with E-state index in [4.69, 9.17) is 16.3 Å². The second-order valence-corrected chi connectivity index (χ2v) is 6.84. The Kier molecular flexibility index (Phi) is 4.31. The zero-order chi connectivity index (χ0) is 20.0. The van der Waals surface area contributed by atoms with Crippen LogP contribution in [0.15, 0.2) is 37.2 Å². The number of carbonyl (C=O) groups excluding carboxylic acids is 1. The van der Waals surface area contributed by atoms with Gasteiger partial charge in [-0.3, -0.25) is 9.36 Å². The van der Waals surface area contributed by atoms with E-state index in [1.54, 1.807) is 38.3 Å². The number of amides is 1. The number of imidazole rings is 1. The third-order valence-corrected chi connectivity index (χ3v) is 4.85. The van der Waals surface area contributed by atoms with Gasteiger partial charge in [0, 0.05) is 38.9 Å². The van der Waals surface area contributed by atoms with Gasteiger partial charge in [-0.15, -0.1) is 10.2 Å². The van der Waals surface area contributed by atoms with Crippen LogP contribution in [0.2, 0.25) is 5.02 Å². The van der Waals surface area contributed by atoms with Gasteiger partial charge in [0.15, 0.2) is 0 Å². The van der Waals surface area contributed by atoms with Gasteiger partial charge in [-0.1, -0.05) is 11.6 Å². The molecule has 28 heavy (non-hydrogen) atoms. The smallest absolute Gasteiger partial charge is 0.291 e. The highest BCUT2D eigenvalue weighted by molar-refractivity contribution is 6.33. The summed E-state index contributed by atoms with van der Waals surface area (Å²) in [6.45, 7) is 0. The molecule has 3 heterocycles. The summed E-state index contributed by atoms with van der Waals surface area (Å²) in [6.07, 6.45) is 6.73. The topological polar surface area (TPSA) is 83.0 Å². The van der Waals surface area contributed by atoms with Crippen LogP contribution >= 0.6 is 11.6 Å². The number of hydrogen-bond acceptors (Lipinski definition) is 5. The number of hydrogen-bond donors (Lipinski definition) is 0. The lowest BCUT2D eigenvalue weighted by Crippen LogP contribution is -2.25. The summed E-state index contributed by atoms with van der Waals surface area (Å²) < 4.78 is 10.9. The zero-order valence-corrected chi connectivity index (χ0v) is 16.5. The lowest BCUT2D eigenvalue weighted by Gasteiger charge is -2.13. The van der Waals surface area contributed by atoms with Gasteiger partial charge in [0.2, 0.25) is 5.82 Å². The second-order valence-electron chi connectivity index (χ2n) is 6.43. The summed E-state index contributed by atoms with van der Waals surface area (Å²) in [6, 6.07) is 3.70. The summed E-state index contributed by atoms with van der Waals surface area (Å²) in [5, 5.41) is 9.37. The molecule has 0 radical (unpaired) electrons. The molecule has 0 atom stereocenters. The molecule has 3 aromatic heterocycles. The Labute approximate surface area is 165 Å². The van der Waals surface area contributed by atoms with Crippen molar-refractivity contribution >= 4 is 28.4 Å². The Balaban J connectivity index is 2.10. The highest BCUT2D eigenvalue weighted by Crippen LogP contribution is 2.37. The maximum atomic E-state index is 12.6. The Bertz CT molecular complexity index is 1170. The van der Waals surface area contributed by atoms with Crippen molar-refractivity contribution in [2.75, 3.05) is 21.2 Å². The van der Waals surface area contributed by atoms with Crippen LogP contribution in [0.5, 0.6) is 5.75 Å². The Morgan fingerprint density at radius 3 is 2.68 bits per heavy atom. The maximum absolute atomic E-state index is 12.6. The van der Waals surface area contributed by atoms with Gasteiger partial charge < -0.3 is 18.8 Å². The van der Waals surface area contributed by atoms with Crippen LogP contribution in [0.3, 0.4) is 0 Å². The van der Waals surface area contributed by atoms with Crippen molar-refractivity contribution in [3.63, 3.8) is 0 Å². The van der Waals surface area contributed by atoms with Gasteiger partial charge in [-0.05, 0) is 12.1 Å². The molecule has 4 aromatic rings. The lowest BCUT2D eigenvalue weighted by atomic mass is 10.2. The molecule has 1 amide bonds. The van der Waals surface area contributed by atoms with Crippen LogP contribution in [-0.2, 0) is 7.05 Å². The quantitative estimate of drug-likeness (QED) is 0.526. The number of halogens is 1. The molecule has 0 saturated heterocycles. The van der Waals surface area contributed by atoms with Crippen LogP contribution in [0, 0.1) is 0 Å². The van der Waals surface area contributed by atoms with Crippen molar-refractivity contribution in [3.8, 4) is 17.3 Å². The maximum Gasteiger partial charge on any atom is 0.291 e. The fourth-order valence-corrected chi connectivity index (χ4v) is 3.45. The van der Waals surface area contributed by atoms with Crippen LogP contribution in [0.1, 0.15) is 10.6 Å². The van der Waals surface area contributed by atoms with E-state index in [-0.39, 0.29) is 11.7 Å². The predicted octanol–water partition coefficient (Wildman–Crippen LogP) is 2.31. The molecule has 9 nitrogen and oxygen atoms in total. The van der Waals surface area contributed by atoms with E-state index in [0.29, 0.717) is 16.6 Å². The third kappa shape index (κ3) is 2.63. The summed E-state index contributed by atoms with van der Waals surface area (Å²) in [5.41, 5.74) is 1.67. The van der Waals surface area contributed by atoms with E-state index in [1.807, 2.05) is 34.5 Å². The van der Waals surface area contributed by atoms with Gasteiger partial charge in [-0.2, -0.15) is 0 Å². The molecule has 0 aliphatic carbocycles. The molecular weight excluding hydrogens is 382 g/mol. The Morgan fingerprint density at radius 1 is 1.25 bits per heavy atom. The summed E-state index contributed by atoms with van der Waals surface area (Å²) in [4.78, 5) is 18.2. The van der Waals surface area contributed by atoms with Crippen molar-refractivity contribution in [3.05, 3.63) is 48.0 Å². The van der Waals surface area contributed by atoms with Gasteiger partial charge in [0.25, 0.3) is 5.91 Å². The average molecular weight is 400 g/mol. The number of benzene rings is 1. The van der Waals surface area contributed by atoms with E-state index in [1.165, 1.54) is 11.2 Å². The predicted molar refractivity (Wildman–Crippen MR) is 105 cm³/mol. The molecule has 144 valence electrons. The van der Waals surface area contributed by atoms with Crippen LogP contribution in [0.25, 0.3) is 22.4 Å². The molecule has 1 aromatic carbocycles. The first-order valence-corrected chi connectivity index (χ1v) is 8.78. The number of aromatic nitrogens is 6. The molecule has 0 aliphatic heterocycles. The number of carbonyl (C=O) groups is 1. The second kappa shape index (κ2) is 6.68. The van der Waals surface area contributed by atoms with E-state index in [0.717, 1.165) is 16.6 Å². The van der Waals surface area contributed by atoms with Crippen molar-refractivity contribution in [2.45, 2.75) is 0 Å². The van der Waals surface area contributed by atoms with Gasteiger partial charge in [0.05, 0.1) is 29.7 Å². The molecule has 0 spiro atoms. The minimum Gasteiger partial charge on any atom is -0.495 e. The van der Waals surface area contributed by atoms with Gasteiger partial charge >= 0.3 is 0 Å². The zero-order valence-electron chi connectivity index (χ0n) is 15.8. The molecule has 0 N–H and O–H groups in total. The monoisotopic (exact) mass is 399 g/mol. The van der Waals surface area contributed by atoms with E-state index in [9.17, 15) is 4.79 Å². The van der Waals surface area contributed by atoms with Crippen molar-refractivity contribution in [2.24, 2.45) is 7.05 Å². The van der Waals surface area contributed by atoms with Gasteiger partial charge in [-0.25, -0.2) is 4.98 Å². The van der Waals surface area contributed by atoms with Crippen molar-refractivity contribution < 1.29 is 9.53 Å². The van der Waals surface area contributed by atoms with E-state index in [2.05, 4.69) is 15.2 Å². The standard InChI is InChI=1S/C18H18ClN7O2/c1-23(2)18(27)16-22-21-10-26(16)17-15(25-6-5-20-9-25)11-7-14(28-4)12(19)8-13(11)24(17)3/h5-10H,1-4H3. The number of nitrogens with zero attached hydrogens (tertiary/aromatic N) is 7. The fraction of sp³-hybridized carbons (Fsp3) is 0.222. The first-order chi connectivity index (χ1) is 13.4. The first-order valence-electron chi connectivity index (χ1n) is 8.40. The lowest BCUT2D eigenvalue weighted by molar-refractivity contribution is 0.0813.